The number of aromatic nitrogens is 2. The number of hydrogen-bond acceptors (Lipinski definition) is 6. The van der Waals surface area contributed by atoms with Gasteiger partial charge in [-0.25, -0.2) is 0 Å². The maximum Gasteiger partial charge on any atom is 0.291 e. The molecule has 0 spiro atoms. The summed E-state index contributed by atoms with van der Waals surface area (Å²) >= 11 is 1.14. The van der Waals surface area contributed by atoms with E-state index in [1.807, 2.05) is 13.8 Å². The Kier molecular flexibility index (Phi) is 6.68. The number of amides is 3. The van der Waals surface area contributed by atoms with Gasteiger partial charge in [0.05, 0.1) is 22.3 Å². The molecule has 3 rings (SSSR count). The molecular weight excluding hydrogens is 406 g/mol. The van der Waals surface area contributed by atoms with Crippen molar-refractivity contribution in [1.29, 1.82) is 0 Å². The zero-order valence-corrected chi connectivity index (χ0v) is 17.6. The fourth-order valence-corrected chi connectivity index (χ4v) is 3.79. The molecule has 4 N–H and O–H groups in total. The van der Waals surface area contributed by atoms with Crippen molar-refractivity contribution in [2.75, 3.05) is 10.6 Å². The minimum Gasteiger partial charge on any atom is -0.459 e. The average Bonchev–Trinajstić information content (AvgIpc) is 3.42. The molecular formula is C20H23N5O4S. The van der Waals surface area contributed by atoms with E-state index in [9.17, 15) is 14.4 Å². The van der Waals surface area contributed by atoms with Crippen molar-refractivity contribution in [3.8, 4) is 0 Å². The van der Waals surface area contributed by atoms with Crippen molar-refractivity contribution >= 4 is 39.9 Å². The van der Waals surface area contributed by atoms with Gasteiger partial charge in [0, 0.05) is 6.07 Å². The second-order valence-corrected chi connectivity index (χ2v) is 8.22. The Bertz CT molecular complexity index is 1010. The van der Waals surface area contributed by atoms with Gasteiger partial charge in [-0.3, -0.25) is 19.5 Å². The second-order valence-electron chi connectivity index (χ2n) is 7.17. The lowest BCUT2D eigenvalue weighted by atomic mass is 10.0. The molecule has 0 saturated carbocycles. The highest BCUT2D eigenvalue weighted by Gasteiger charge is 2.25. The highest BCUT2D eigenvalue weighted by Crippen LogP contribution is 2.27. The zero-order valence-electron chi connectivity index (χ0n) is 16.8. The Morgan fingerprint density at radius 3 is 2.63 bits per heavy atom. The molecule has 0 aliphatic carbocycles. The number of H-pyrrole nitrogens is 1. The summed E-state index contributed by atoms with van der Waals surface area (Å²) in [6, 6.07) is 5.80. The predicted octanol–water partition coefficient (Wildman–Crippen LogP) is 3.41. The first-order valence-corrected chi connectivity index (χ1v) is 10.2. The van der Waals surface area contributed by atoms with E-state index in [4.69, 9.17) is 4.42 Å². The molecule has 30 heavy (non-hydrogen) atoms. The lowest BCUT2D eigenvalue weighted by molar-refractivity contribution is -0.118. The van der Waals surface area contributed by atoms with Crippen LogP contribution >= 0.6 is 11.3 Å². The molecule has 0 bridgehead atoms. The van der Waals surface area contributed by atoms with Crippen LogP contribution in [0.4, 0.5) is 10.8 Å². The molecule has 3 aromatic heterocycles. The van der Waals surface area contributed by atoms with Gasteiger partial charge >= 0.3 is 0 Å². The molecule has 1 unspecified atom stereocenters. The van der Waals surface area contributed by atoms with Crippen molar-refractivity contribution < 1.29 is 18.8 Å². The molecule has 3 heterocycles. The molecule has 3 amide bonds. The minimum absolute atomic E-state index is 0.180. The van der Waals surface area contributed by atoms with Crippen molar-refractivity contribution in [1.82, 2.24) is 15.5 Å². The lowest BCUT2D eigenvalue weighted by Crippen LogP contribution is -2.44. The summed E-state index contributed by atoms with van der Waals surface area (Å²) in [7, 11) is 0. The number of nitrogens with one attached hydrogen (secondary N) is 4. The summed E-state index contributed by atoms with van der Waals surface area (Å²) in [6.07, 6.45) is 3.41. The van der Waals surface area contributed by atoms with E-state index in [0.717, 1.165) is 11.3 Å². The molecule has 9 nitrogen and oxygen atoms in total. The number of thiophene rings is 1. The molecule has 0 saturated heterocycles. The standard InChI is InChI=1S/C20H23N5O4S/c1-11(2)9-13(18(26)23-15-6-7-21-25-15)22-20(28)17-12(3)10-16(30-17)24-19(27)14-5-4-8-29-14/h4-8,10-11,13H,9H2,1-3H3,(H,22,28)(H,24,27)(H2,21,23,25,26). The predicted molar refractivity (Wildman–Crippen MR) is 114 cm³/mol. The number of nitrogens with zero attached hydrogens (tertiary/aromatic N) is 1. The molecule has 0 fully saturated rings. The third-order valence-electron chi connectivity index (χ3n) is 4.19. The normalized spacial score (nSPS) is 11.9. The van der Waals surface area contributed by atoms with Crippen molar-refractivity contribution in [3.63, 3.8) is 0 Å². The first-order valence-electron chi connectivity index (χ1n) is 9.40. The number of carbonyl (C=O) groups is 3. The first kappa shape index (κ1) is 21.3. The highest BCUT2D eigenvalue weighted by molar-refractivity contribution is 7.18. The van der Waals surface area contributed by atoms with E-state index in [-0.39, 0.29) is 23.5 Å². The van der Waals surface area contributed by atoms with Gasteiger partial charge in [-0.1, -0.05) is 13.8 Å². The Hall–Kier alpha value is -3.40. The van der Waals surface area contributed by atoms with Gasteiger partial charge in [-0.2, -0.15) is 5.10 Å². The van der Waals surface area contributed by atoms with Gasteiger partial charge < -0.3 is 20.4 Å². The molecule has 3 aromatic rings. The van der Waals surface area contributed by atoms with Gasteiger partial charge in [-0.15, -0.1) is 11.3 Å². The molecule has 158 valence electrons. The monoisotopic (exact) mass is 429 g/mol. The SMILES string of the molecule is Cc1cc(NC(=O)c2ccco2)sc1C(=O)NC(CC(C)C)C(=O)Nc1ccn[nH]1. The third kappa shape index (κ3) is 5.35. The third-order valence-corrected chi connectivity index (χ3v) is 5.34. The number of anilines is 2. The lowest BCUT2D eigenvalue weighted by Gasteiger charge is -2.19. The molecule has 0 aliphatic heterocycles. The van der Waals surface area contributed by atoms with E-state index in [2.05, 4.69) is 26.1 Å². The van der Waals surface area contributed by atoms with Crippen LogP contribution in [0.5, 0.6) is 0 Å². The second kappa shape index (κ2) is 9.40. The Morgan fingerprint density at radius 2 is 2.00 bits per heavy atom. The van der Waals surface area contributed by atoms with Crippen LogP contribution in [0.2, 0.25) is 0 Å². The van der Waals surface area contributed by atoms with Crippen LogP contribution in [0.15, 0.2) is 41.1 Å². The quantitative estimate of drug-likeness (QED) is 0.436. The number of carbonyl (C=O) groups excluding carboxylic acids is 3. The van der Waals surface area contributed by atoms with E-state index >= 15 is 0 Å². The number of rotatable bonds is 8. The van der Waals surface area contributed by atoms with Gasteiger partial charge in [0.2, 0.25) is 5.91 Å². The van der Waals surface area contributed by atoms with E-state index in [1.165, 1.54) is 12.5 Å². The van der Waals surface area contributed by atoms with Crippen LogP contribution in [0.3, 0.4) is 0 Å². The number of aromatic amines is 1. The molecule has 10 heteroatoms. The highest BCUT2D eigenvalue weighted by atomic mass is 32.1. The van der Waals surface area contributed by atoms with Crippen molar-refractivity contribution in [2.45, 2.75) is 33.2 Å². The minimum atomic E-state index is -0.719. The Balaban J connectivity index is 1.69. The summed E-state index contributed by atoms with van der Waals surface area (Å²) in [4.78, 5) is 38.1. The van der Waals surface area contributed by atoms with Gasteiger partial charge in [0.15, 0.2) is 5.76 Å². The number of furan rings is 1. The first-order chi connectivity index (χ1) is 14.3. The molecule has 0 aliphatic rings. The van der Waals surface area contributed by atoms with Crippen LogP contribution < -0.4 is 16.0 Å². The largest absolute Gasteiger partial charge is 0.459 e. The fourth-order valence-electron chi connectivity index (χ4n) is 2.82. The summed E-state index contributed by atoms with van der Waals surface area (Å²) in [5, 5.41) is 15.2. The number of aryl methyl sites for hydroxylation is 1. The Labute approximate surface area is 177 Å². The van der Waals surface area contributed by atoms with Crippen LogP contribution in [0.25, 0.3) is 0 Å². The van der Waals surface area contributed by atoms with Crippen LogP contribution in [-0.2, 0) is 4.79 Å². The number of hydrogen-bond donors (Lipinski definition) is 4. The molecule has 1 atom stereocenters. The van der Waals surface area contributed by atoms with Crippen molar-refractivity contribution in [2.24, 2.45) is 5.92 Å². The molecule has 0 aromatic carbocycles. The van der Waals surface area contributed by atoms with E-state index in [0.29, 0.717) is 27.7 Å². The van der Waals surface area contributed by atoms with Crippen LogP contribution in [-0.4, -0.2) is 34.0 Å². The average molecular weight is 430 g/mol. The van der Waals surface area contributed by atoms with E-state index in [1.54, 1.807) is 31.2 Å². The van der Waals surface area contributed by atoms with Crippen LogP contribution in [0, 0.1) is 12.8 Å². The summed E-state index contributed by atoms with van der Waals surface area (Å²) < 4.78 is 5.07. The summed E-state index contributed by atoms with van der Waals surface area (Å²) in [5.41, 5.74) is 0.699. The maximum absolute atomic E-state index is 12.9. The maximum atomic E-state index is 12.9. The van der Waals surface area contributed by atoms with Gasteiger partial charge in [-0.05, 0) is 43.0 Å². The molecule has 0 radical (unpaired) electrons. The summed E-state index contributed by atoms with van der Waals surface area (Å²) in [5.74, 6) is -0.277. The fraction of sp³-hybridized carbons (Fsp3) is 0.300. The zero-order chi connectivity index (χ0) is 21.7. The topological polar surface area (TPSA) is 129 Å². The van der Waals surface area contributed by atoms with Crippen molar-refractivity contribution in [3.05, 3.63) is 52.9 Å². The van der Waals surface area contributed by atoms with Gasteiger partial charge in [0.25, 0.3) is 11.8 Å². The van der Waals surface area contributed by atoms with Gasteiger partial charge in [0.1, 0.15) is 11.9 Å². The summed E-state index contributed by atoms with van der Waals surface area (Å²) in [6.45, 7) is 5.72. The van der Waals surface area contributed by atoms with E-state index < -0.39 is 11.9 Å². The van der Waals surface area contributed by atoms with Crippen LogP contribution in [0.1, 0.15) is 46.1 Å². The smallest absolute Gasteiger partial charge is 0.291 e. The Morgan fingerprint density at radius 1 is 1.20 bits per heavy atom.